The summed E-state index contributed by atoms with van der Waals surface area (Å²) in [6, 6.07) is 10.7. The van der Waals surface area contributed by atoms with Gasteiger partial charge in [-0.05, 0) is 86.6 Å². The van der Waals surface area contributed by atoms with Gasteiger partial charge in [0.25, 0.3) is 5.91 Å². The normalized spacial score (nSPS) is 27.6. The van der Waals surface area contributed by atoms with Crippen LogP contribution in [0.4, 0.5) is 0 Å². The molecule has 4 fully saturated rings. The lowest BCUT2D eigenvalue weighted by Crippen LogP contribution is -2.38. The largest absolute Gasteiger partial charge is 0.494 e. The minimum Gasteiger partial charge on any atom is -0.494 e. The van der Waals surface area contributed by atoms with Crippen LogP contribution in [0.3, 0.4) is 0 Å². The van der Waals surface area contributed by atoms with Crippen molar-refractivity contribution < 1.29 is 14.6 Å². The molecular weight excluding hydrogens is 502 g/mol. The SMILES string of the molecule is COc1cc(C(=O)N2CC3CCC2[C@@H]3C)cc2nc(-c3cc4ccc(C5CC(O)C5)nc4n3CC3CC3)n(C)c12. The highest BCUT2D eigenvalue weighted by Crippen LogP contribution is 2.44. The molecule has 2 bridgehead atoms. The highest BCUT2D eigenvalue weighted by molar-refractivity contribution is 6.00. The lowest BCUT2D eigenvalue weighted by atomic mass is 9.80. The van der Waals surface area contributed by atoms with Gasteiger partial charge in [-0.25, -0.2) is 9.97 Å². The van der Waals surface area contributed by atoms with Crippen molar-refractivity contribution in [3.05, 3.63) is 41.6 Å². The van der Waals surface area contributed by atoms with E-state index in [0.717, 1.165) is 71.6 Å². The first-order valence-electron chi connectivity index (χ1n) is 14.9. The van der Waals surface area contributed by atoms with E-state index < -0.39 is 0 Å². The predicted octanol–water partition coefficient (Wildman–Crippen LogP) is 5.12. The number of carbonyl (C=O) groups excluding carboxylic acids is 1. The summed E-state index contributed by atoms with van der Waals surface area (Å²) in [5.74, 6) is 3.81. The Bertz CT molecular complexity index is 1660. The van der Waals surface area contributed by atoms with Gasteiger partial charge >= 0.3 is 0 Å². The number of amides is 1. The Hall–Kier alpha value is -3.39. The Morgan fingerprint density at radius 3 is 2.60 bits per heavy atom. The number of fused-ring (bicyclic) bond motifs is 4. The summed E-state index contributed by atoms with van der Waals surface area (Å²) in [5, 5.41) is 11.0. The minimum atomic E-state index is -0.202. The molecule has 1 amide bonds. The Kier molecular flexibility index (Phi) is 5.37. The number of nitrogens with zero attached hydrogens (tertiary/aromatic N) is 5. The molecule has 1 aromatic carbocycles. The van der Waals surface area contributed by atoms with Gasteiger partial charge in [-0.3, -0.25) is 4.79 Å². The molecule has 4 heterocycles. The third-order valence-corrected chi connectivity index (χ3v) is 10.3. The number of hydrogen-bond acceptors (Lipinski definition) is 5. The van der Waals surface area contributed by atoms with Crippen molar-refractivity contribution in [1.29, 1.82) is 0 Å². The summed E-state index contributed by atoms with van der Waals surface area (Å²) in [6.07, 6.45) is 6.20. The third-order valence-electron chi connectivity index (χ3n) is 10.3. The van der Waals surface area contributed by atoms with Crippen molar-refractivity contribution in [2.75, 3.05) is 13.7 Å². The minimum absolute atomic E-state index is 0.0899. The molecule has 4 aromatic rings. The number of aliphatic hydroxyl groups is 1. The molecule has 3 aliphatic carbocycles. The molecule has 8 heteroatoms. The molecule has 1 aliphatic heterocycles. The summed E-state index contributed by atoms with van der Waals surface area (Å²) in [6.45, 7) is 4.06. The Morgan fingerprint density at radius 2 is 1.93 bits per heavy atom. The van der Waals surface area contributed by atoms with Crippen LogP contribution < -0.4 is 4.74 Å². The zero-order valence-electron chi connectivity index (χ0n) is 23.5. The number of likely N-dealkylation sites (tertiary alicyclic amines) is 1. The first-order chi connectivity index (χ1) is 19.4. The van der Waals surface area contributed by atoms with E-state index in [1.807, 2.05) is 19.2 Å². The molecule has 3 aromatic heterocycles. The van der Waals surface area contributed by atoms with Gasteiger partial charge in [0, 0.05) is 48.7 Å². The van der Waals surface area contributed by atoms with Crippen molar-refractivity contribution >= 4 is 28.0 Å². The van der Waals surface area contributed by atoms with E-state index >= 15 is 0 Å². The number of aliphatic hydroxyl groups excluding tert-OH is 1. The van der Waals surface area contributed by atoms with Crippen molar-refractivity contribution in [1.82, 2.24) is 24.0 Å². The average molecular weight is 540 g/mol. The van der Waals surface area contributed by atoms with Crippen LogP contribution in [-0.2, 0) is 13.6 Å². The van der Waals surface area contributed by atoms with Gasteiger partial charge in [0.1, 0.15) is 16.9 Å². The molecule has 4 aliphatic rings. The van der Waals surface area contributed by atoms with Crippen LogP contribution in [0.1, 0.15) is 67.4 Å². The van der Waals surface area contributed by atoms with Gasteiger partial charge in [-0.1, -0.05) is 6.92 Å². The molecule has 0 spiro atoms. The quantitative estimate of drug-likeness (QED) is 0.368. The fraction of sp³-hybridized carbons (Fsp3) is 0.531. The van der Waals surface area contributed by atoms with Crippen LogP contribution in [0.15, 0.2) is 30.3 Å². The highest BCUT2D eigenvalue weighted by atomic mass is 16.5. The summed E-state index contributed by atoms with van der Waals surface area (Å²) in [7, 11) is 3.70. The van der Waals surface area contributed by atoms with Crippen LogP contribution in [0.25, 0.3) is 33.6 Å². The number of piperidine rings is 1. The molecule has 1 N–H and O–H groups in total. The van der Waals surface area contributed by atoms with Crippen molar-refractivity contribution in [3.63, 3.8) is 0 Å². The van der Waals surface area contributed by atoms with E-state index in [4.69, 9.17) is 14.7 Å². The van der Waals surface area contributed by atoms with E-state index in [-0.39, 0.29) is 12.0 Å². The van der Waals surface area contributed by atoms with Crippen LogP contribution in [-0.4, -0.2) is 60.8 Å². The van der Waals surface area contributed by atoms with Gasteiger partial charge in [-0.15, -0.1) is 0 Å². The summed E-state index contributed by atoms with van der Waals surface area (Å²) >= 11 is 0. The third kappa shape index (κ3) is 3.64. The number of aryl methyl sites for hydroxylation is 1. The van der Waals surface area contributed by atoms with Crippen LogP contribution in [0.2, 0.25) is 0 Å². The fourth-order valence-electron chi connectivity index (χ4n) is 7.66. The van der Waals surface area contributed by atoms with E-state index in [0.29, 0.717) is 41.0 Å². The van der Waals surface area contributed by atoms with E-state index in [1.165, 1.54) is 19.3 Å². The van der Waals surface area contributed by atoms with E-state index in [1.54, 1.807) is 7.11 Å². The standard InChI is InChI=1S/C32H37N5O3/c1-17-20-7-9-26(17)37(16-20)32(39)22-12-25-29(28(14-22)40-3)35(2)31(34-25)27-13-19-6-8-24(21-10-23(38)11-21)33-30(19)36(27)15-18-4-5-18/h6,8,12-14,17-18,20-21,23,26,38H,4-5,7,9-11,15-16H2,1-3H3/t17-,20?,21?,23?,26?/m1/s1. The average Bonchev–Trinajstić information content (AvgIpc) is 3.35. The number of pyridine rings is 1. The molecule has 3 atom stereocenters. The molecule has 0 radical (unpaired) electrons. The molecule has 2 unspecified atom stereocenters. The molecule has 1 saturated heterocycles. The molecule has 8 rings (SSSR count). The molecule has 8 nitrogen and oxygen atoms in total. The number of hydrogen-bond donors (Lipinski definition) is 1. The van der Waals surface area contributed by atoms with Crippen molar-refractivity contribution in [2.45, 2.75) is 70.1 Å². The zero-order valence-corrected chi connectivity index (χ0v) is 23.5. The van der Waals surface area contributed by atoms with Gasteiger partial charge in [0.05, 0.1) is 24.4 Å². The maximum absolute atomic E-state index is 13.7. The summed E-state index contributed by atoms with van der Waals surface area (Å²) in [5.41, 5.74) is 5.43. The maximum Gasteiger partial charge on any atom is 0.254 e. The Balaban J connectivity index is 1.23. The highest BCUT2D eigenvalue weighted by Gasteiger charge is 2.46. The lowest BCUT2D eigenvalue weighted by molar-refractivity contribution is 0.0695. The molecular formula is C32H37N5O3. The summed E-state index contributed by atoms with van der Waals surface area (Å²) in [4.78, 5) is 26.0. The number of imidazole rings is 1. The smallest absolute Gasteiger partial charge is 0.254 e. The van der Waals surface area contributed by atoms with Crippen LogP contribution in [0, 0.1) is 17.8 Å². The second-order valence-corrected chi connectivity index (χ2v) is 12.8. The van der Waals surface area contributed by atoms with Crippen molar-refractivity contribution in [3.8, 4) is 17.3 Å². The molecule has 208 valence electrons. The van der Waals surface area contributed by atoms with Crippen LogP contribution in [0.5, 0.6) is 5.75 Å². The molecule has 3 saturated carbocycles. The Morgan fingerprint density at radius 1 is 1.10 bits per heavy atom. The number of rotatable bonds is 6. The number of carbonyl (C=O) groups is 1. The van der Waals surface area contributed by atoms with Gasteiger partial charge < -0.3 is 23.9 Å². The number of methoxy groups -OCH3 is 1. The Labute approximate surface area is 234 Å². The maximum atomic E-state index is 13.7. The topological polar surface area (TPSA) is 85.4 Å². The van der Waals surface area contributed by atoms with E-state index in [2.05, 4.69) is 39.2 Å². The lowest BCUT2D eigenvalue weighted by Gasteiger charge is -2.30. The van der Waals surface area contributed by atoms with Crippen molar-refractivity contribution in [2.24, 2.45) is 24.8 Å². The van der Waals surface area contributed by atoms with Gasteiger partial charge in [0.15, 0.2) is 5.82 Å². The second-order valence-electron chi connectivity index (χ2n) is 12.8. The number of aromatic nitrogens is 4. The first-order valence-corrected chi connectivity index (χ1v) is 14.9. The zero-order chi connectivity index (χ0) is 27.3. The van der Waals surface area contributed by atoms with Gasteiger partial charge in [-0.2, -0.15) is 0 Å². The monoisotopic (exact) mass is 539 g/mol. The molecule has 40 heavy (non-hydrogen) atoms. The first kappa shape index (κ1) is 24.4. The summed E-state index contributed by atoms with van der Waals surface area (Å²) < 4.78 is 10.3. The van der Waals surface area contributed by atoms with E-state index in [9.17, 15) is 9.90 Å². The predicted molar refractivity (Wildman–Crippen MR) is 153 cm³/mol. The van der Waals surface area contributed by atoms with Gasteiger partial charge in [0.2, 0.25) is 0 Å². The fourth-order valence-corrected chi connectivity index (χ4v) is 7.66. The number of ether oxygens (including phenoxy) is 1. The van der Waals surface area contributed by atoms with Crippen LogP contribution >= 0.6 is 0 Å². The number of benzene rings is 1. The second kappa shape index (κ2) is 8.80.